The first-order chi connectivity index (χ1) is 7.58. The van der Waals surface area contributed by atoms with E-state index in [4.69, 9.17) is 0 Å². The maximum Gasteiger partial charge on any atom is 0.123 e. The highest BCUT2D eigenvalue weighted by molar-refractivity contribution is 5.44. The van der Waals surface area contributed by atoms with Gasteiger partial charge in [-0.25, -0.2) is 4.39 Å². The molecule has 0 amide bonds. The molecule has 16 heavy (non-hydrogen) atoms. The zero-order valence-electron chi connectivity index (χ0n) is 10.1. The van der Waals surface area contributed by atoms with Gasteiger partial charge in [-0.1, -0.05) is 26.7 Å². The van der Waals surface area contributed by atoms with Crippen molar-refractivity contribution in [2.45, 2.75) is 45.6 Å². The second-order valence-electron chi connectivity index (χ2n) is 5.44. The lowest BCUT2D eigenvalue weighted by atomic mass is 9.73. The Labute approximate surface area is 97.1 Å². The van der Waals surface area contributed by atoms with Gasteiger partial charge in [-0.15, -0.1) is 0 Å². The van der Waals surface area contributed by atoms with Crippen LogP contribution in [0.3, 0.4) is 0 Å². The molecule has 1 aliphatic rings. The van der Waals surface area contributed by atoms with Crippen LogP contribution in [0.5, 0.6) is 0 Å². The number of halogens is 1. The molecule has 0 radical (unpaired) electrons. The van der Waals surface area contributed by atoms with E-state index in [2.05, 4.69) is 19.2 Å². The quantitative estimate of drug-likeness (QED) is 0.789. The van der Waals surface area contributed by atoms with Gasteiger partial charge < -0.3 is 5.32 Å². The lowest BCUT2D eigenvalue weighted by Gasteiger charge is -2.39. The maximum absolute atomic E-state index is 12.8. The lowest BCUT2D eigenvalue weighted by molar-refractivity contribution is 0.217. The zero-order valence-corrected chi connectivity index (χ0v) is 10.1. The van der Waals surface area contributed by atoms with Crippen LogP contribution in [0, 0.1) is 11.2 Å². The monoisotopic (exact) mass is 221 g/mol. The number of benzene rings is 1. The van der Waals surface area contributed by atoms with Crippen molar-refractivity contribution >= 4 is 5.69 Å². The van der Waals surface area contributed by atoms with Crippen molar-refractivity contribution in [3.63, 3.8) is 0 Å². The smallest absolute Gasteiger partial charge is 0.123 e. The SMILES string of the molecule is CC1(C)CCCCC1Nc1ccc(F)cc1. The molecule has 1 atom stereocenters. The molecular weight excluding hydrogens is 201 g/mol. The zero-order chi connectivity index (χ0) is 11.6. The normalized spacial score (nSPS) is 24.1. The Hall–Kier alpha value is -1.05. The van der Waals surface area contributed by atoms with Gasteiger partial charge >= 0.3 is 0 Å². The van der Waals surface area contributed by atoms with E-state index >= 15 is 0 Å². The summed E-state index contributed by atoms with van der Waals surface area (Å²) in [6, 6.07) is 7.17. The van der Waals surface area contributed by atoms with Crippen LogP contribution < -0.4 is 5.32 Å². The molecule has 1 fully saturated rings. The fraction of sp³-hybridized carbons (Fsp3) is 0.571. The Morgan fingerprint density at radius 1 is 1.19 bits per heavy atom. The topological polar surface area (TPSA) is 12.0 Å². The standard InChI is InChI=1S/C14H20FN/c1-14(2)10-4-3-5-13(14)16-12-8-6-11(15)7-9-12/h6-9,13,16H,3-5,10H2,1-2H3. The first-order valence-corrected chi connectivity index (χ1v) is 6.10. The summed E-state index contributed by atoms with van der Waals surface area (Å²) in [5.74, 6) is -0.173. The van der Waals surface area contributed by atoms with Crippen LogP contribution in [0.2, 0.25) is 0 Å². The molecule has 1 N–H and O–H groups in total. The molecule has 0 spiro atoms. The molecule has 0 bridgehead atoms. The molecule has 88 valence electrons. The third-order valence-electron chi connectivity index (χ3n) is 3.69. The van der Waals surface area contributed by atoms with Crippen molar-refractivity contribution in [2.24, 2.45) is 5.41 Å². The molecule has 1 saturated carbocycles. The van der Waals surface area contributed by atoms with Gasteiger partial charge in [0.2, 0.25) is 0 Å². The molecule has 1 aromatic carbocycles. The van der Waals surface area contributed by atoms with Crippen molar-refractivity contribution in [1.29, 1.82) is 0 Å². The van der Waals surface area contributed by atoms with Crippen LogP contribution in [0.15, 0.2) is 24.3 Å². The maximum atomic E-state index is 12.8. The summed E-state index contributed by atoms with van der Waals surface area (Å²) in [6.45, 7) is 4.63. The van der Waals surface area contributed by atoms with Crippen molar-refractivity contribution in [2.75, 3.05) is 5.32 Å². The molecule has 1 unspecified atom stereocenters. The van der Waals surface area contributed by atoms with Crippen LogP contribution in [-0.2, 0) is 0 Å². The summed E-state index contributed by atoms with van der Waals surface area (Å²) in [5, 5.41) is 3.53. The summed E-state index contributed by atoms with van der Waals surface area (Å²) >= 11 is 0. The first kappa shape index (κ1) is 11.4. The Kier molecular flexibility index (Phi) is 3.17. The Balaban J connectivity index is 2.05. The summed E-state index contributed by atoms with van der Waals surface area (Å²) in [4.78, 5) is 0. The second kappa shape index (κ2) is 4.44. The predicted molar refractivity (Wildman–Crippen MR) is 66.1 cm³/mol. The van der Waals surface area contributed by atoms with E-state index in [1.54, 1.807) is 0 Å². The number of anilines is 1. The van der Waals surface area contributed by atoms with E-state index in [9.17, 15) is 4.39 Å². The Morgan fingerprint density at radius 2 is 1.88 bits per heavy atom. The van der Waals surface area contributed by atoms with Crippen molar-refractivity contribution < 1.29 is 4.39 Å². The van der Waals surface area contributed by atoms with Crippen LogP contribution in [0.1, 0.15) is 39.5 Å². The molecule has 2 rings (SSSR count). The van der Waals surface area contributed by atoms with Crippen molar-refractivity contribution in [1.82, 2.24) is 0 Å². The Bertz CT molecular complexity index is 342. The molecule has 0 saturated heterocycles. The van der Waals surface area contributed by atoms with Gasteiger partial charge in [0.15, 0.2) is 0 Å². The number of nitrogens with one attached hydrogen (secondary N) is 1. The van der Waals surface area contributed by atoms with Gasteiger partial charge in [-0.3, -0.25) is 0 Å². The highest BCUT2D eigenvalue weighted by atomic mass is 19.1. The minimum Gasteiger partial charge on any atom is -0.382 e. The van der Waals surface area contributed by atoms with Gasteiger partial charge in [0.05, 0.1) is 0 Å². The van der Waals surface area contributed by atoms with E-state index in [0.29, 0.717) is 11.5 Å². The summed E-state index contributed by atoms with van der Waals surface area (Å²) < 4.78 is 12.8. The van der Waals surface area contributed by atoms with E-state index < -0.39 is 0 Å². The molecule has 1 aromatic rings. The largest absolute Gasteiger partial charge is 0.382 e. The van der Waals surface area contributed by atoms with Crippen LogP contribution in [0.25, 0.3) is 0 Å². The Morgan fingerprint density at radius 3 is 2.50 bits per heavy atom. The van der Waals surface area contributed by atoms with Crippen molar-refractivity contribution in [3.8, 4) is 0 Å². The molecule has 0 aliphatic heterocycles. The molecular formula is C14H20FN. The minimum atomic E-state index is -0.173. The third-order valence-corrected chi connectivity index (χ3v) is 3.69. The first-order valence-electron chi connectivity index (χ1n) is 6.10. The molecule has 2 heteroatoms. The molecule has 1 aliphatic carbocycles. The van der Waals surface area contributed by atoms with Gasteiger partial charge in [-0.05, 0) is 42.5 Å². The number of hydrogen-bond acceptors (Lipinski definition) is 1. The summed E-state index contributed by atoms with van der Waals surface area (Å²) in [7, 11) is 0. The molecule has 0 aromatic heterocycles. The van der Waals surface area contributed by atoms with Crippen LogP contribution in [-0.4, -0.2) is 6.04 Å². The van der Waals surface area contributed by atoms with E-state index in [1.165, 1.54) is 37.8 Å². The summed E-state index contributed by atoms with van der Waals surface area (Å²) in [5.41, 5.74) is 1.37. The van der Waals surface area contributed by atoms with Crippen LogP contribution in [0.4, 0.5) is 10.1 Å². The fourth-order valence-corrected chi connectivity index (χ4v) is 2.51. The van der Waals surface area contributed by atoms with Crippen LogP contribution >= 0.6 is 0 Å². The van der Waals surface area contributed by atoms with E-state index in [0.717, 1.165) is 5.69 Å². The number of hydrogen-bond donors (Lipinski definition) is 1. The molecule has 1 nitrogen and oxygen atoms in total. The number of rotatable bonds is 2. The average molecular weight is 221 g/mol. The summed E-state index contributed by atoms with van der Waals surface area (Å²) in [6.07, 6.45) is 5.10. The van der Waals surface area contributed by atoms with E-state index in [1.807, 2.05) is 12.1 Å². The highest BCUT2D eigenvalue weighted by Crippen LogP contribution is 2.37. The minimum absolute atomic E-state index is 0.173. The molecule has 0 heterocycles. The predicted octanol–water partition coefficient (Wildman–Crippen LogP) is 4.21. The van der Waals surface area contributed by atoms with Gasteiger partial charge in [0, 0.05) is 11.7 Å². The van der Waals surface area contributed by atoms with E-state index in [-0.39, 0.29) is 5.82 Å². The lowest BCUT2D eigenvalue weighted by Crippen LogP contribution is -2.38. The van der Waals surface area contributed by atoms with Crippen molar-refractivity contribution in [3.05, 3.63) is 30.1 Å². The highest BCUT2D eigenvalue weighted by Gasteiger charge is 2.31. The van der Waals surface area contributed by atoms with Gasteiger partial charge in [0.1, 0.15) is 5.82 Å². The fourth-order valence-electron chi connectivity index (χ4n) is 2.51. The second-order valence-corrected chi connectivity index (χ2v) is 5.44. The third kappa shape index (κ3) is 2.55. The average Bonchev–Trinajstić information content (AvgIpc) is 2.24. The van der Waals surface area contributed by atoms with Gasteiger partial charge in [-0.2, -0.15) is 0 Å². The van der Waals surface area contributed by atoms with Gasteiger partial charge in [0.25, 0.3) is 0 Å².